The van der Waals surface area contributed by atoms with Gasteiger partial charge in [0.25, 0.3) is 0 Å². The number of halogens is 1. The number of carbonyl (C=O) groups is 1. The van der Waals surface area contributed by atoms with Crippen molar-refractivity contribution < 1.29 is 13.7 Å². The first kappa shape index (κ1) is 14.9. The molecule has 1 unspecified atom stereocenters. The lowest BCUT2D eigenvalue weighted by Gasteiger charge is -2.05. The topological polar surface area (TPSA) is 43.4 Å². The maximum absolute atomic E-state index is 12.2. The molecule has 0 amide bonds. The van der Waals surface area contributed by atoms with Crippen molar-refractivity contribution in [1.29, 1.82) is 0 Å². The summed E-state index contributed by atoms with van der Waals surface area (Å²) >= 11 is 3.34. The SMILES string of the molecule is COc1cccc(C(=O)CS(=O)c2ccccc2Br)c1. The molecule has 2 rings (SSSR count). The van der Waals surface area contributed by atoms with Crippen LogP contribution < -0.4 is 4.74 Å². The number of ether oxygens (including phenoxy) is 1. The maximum Gasteiger partial charge on any atom is 0.175 e. The van der Waals surface area contributed by atoms with Crippen LogP contribution in [0.5, 0.6) is 5.75 Å². The summed E-state index contributed by atoms with van der Waals surface area (Å²) in [6.45, 7) is 0. The highest BCUT2D eigenvalue weighted by atomic mass is 79.9. The number of Topliss-reactive ketones (excluding diaryl/α,β-unsaturated/α-hetero) is 1. The molecule has 2 aromatic carbocycles. The summed E-state index contributed by atoms with van der Waals surface area (Å²) in [6, 6.07) is 14.1. The van der Waals surface area contributed by atoms with E-state index in [9.17, 15) is 9.00 Å². The summed E-state index contributed by atoms with van der Waals surface area (Å²) in [5.74, 6) is 0.399. The number of ketones is 1. The molecule has 1 atom stereocenters. The zero-order valence-electron chi connectivity index (χ0n) is 10.8. The summed E-state index contributed by atoms with van der Waals surface area (Å²) < 4.78 is 18.1. The minimum absolute atomic E-state index is 0.0459. The first-order chi connectivity index (χ1) is 9.61. The Morgan fingerprint density at radius 2 is 1.95 bits per heavy atom. The third-order valence-corrected chi connectivity index (χ3v) is 5.06. The summed E-state index contributed by atoms with van der Waals surface area (Å²) in [5, 5.41) is 0. The third kappa shape index (κ3) is 3.55. The van der Waals surface area contributed by atoms with Crippen molar-refractivity contribution in [2.24, 2.45) is 0 Å². The molecule has 5 heteroatoms. The molecule has 0 N–H and O–H groups in total. The molecule has 0 aliphatic heterocycles. The van der Waals surface area contributed by atoms with E-state index in [0.717, 1.165) is 4.47 Å². The van der Waals surface area contributed by atoms with E-state index in [2.05, 4.69) is 15.9 Å². The van der Waals surface area contributed by atoms with E-state index in [1.165, 1.54) is 0 Å². The van der Waals surface area contributed by atoms with Crippen LogP contribution in [0.4, 0.5) is 0 Å². The Hall–Kier alpha value is -1.46. The zero-order valence-corrected chi connectivity index (χ0v) is 13.2. The molecular formula is C15H13BrO3S. The monoisotopic (exact) mass is 352 g/mol. The van der Waals surface area contributed by atoms with Gasteiger partial charge in [0.2, 0.25) is 0 Å². The standard InChI is InChI=1S/C15H13BrO3S/c1-19-12-6-4-5-11(9-12)14(17)10-20(18)15-8-3-2-7-13(15)16/h2-9H,10H2,1H3. The van der Waals surface area contributed by atoms with Gasteiger partial charge in [-0.2, -0.15) is 0 Å². The number of benzene rings is 2. The van der Waals surface area contributed by atoms with Crippen LogP contribution in [0.2, 0.25) is 0 Å². The number of carbonyl (C=O) groups excluding carboxylic acids is 1. The summed E-state index contributed by atoms with van der Waals surface area (Å²) in [6.07, 6.45) is 0. The average molecular weight is 353 g/mol. The molecule has 0 aromatic heterocycles. The molecule has 0 fully saturated rings. The fraction of sp³-hybridized carbons (Fsp3) is 0.133. The second kappa shape index (κ2) is 6.81. The normalized spacial score (nSPS) is 11.9. The maximum atomic E-state index is 12.2. The van der Waals surface area contributed by atoms with Crippen LogP contribution >= 0.6 is 15.9 Å². The average Bonchev–Trinajstić information content (AvgIpc) is 2.47. The molecule has 20 heavy (non-hydrogen) atoms. The highest BCUT2D eigenvalue weighted by Crippen LogP contribution is 2.21. The van der Waals surface area contributed by atoms with Gasteiger partial charge in [0.15, 0.2) is 5.78 Å². The summed E-state index contributed by atoms with van der Waals surface area (Å²) in [7, 11) is 0.173. The van der Waals surface area contributed by atoms with Crippen LogP contribution in [0.25, 0.3) is 0 Å². The highest BCUT2D eigenvalue weighted by molar-refractivity contribution is 9.10. The van der Waals surface area contributed by atoms with E-state index < -0.39 is 10.8 Å². The Morgan fingerprint density at radius 1 is 1.20 bits per heavy atom. The van der Waals surface area contributed by atoms with Gasteiger partial charge in [-0.1, -0.05) is 24.3 Å². The Bertz CT molecular complexity index is 655. The van der Waals surface area contributed by atoms with Crippen LogP contribution in [0.15, 0.2) is 57.9 Å². The highest BCUT2D eigenvalue weighted by Gasteiger charge is 2.14. The number of methoxy groups -OCH3 is 1. The molecule has 0 saturated heterocycles. The molecule has 104 valence electrons. The Morgan fingerprint density at radius 3 is 2.65 bits per heavy atom. The van der Waals surface area contributed by atoms with Crippen molar-refractivity contribution in [3.8, 4) is 5.75 Å². The van der Waals surface area contributed by atoms with Crippen molar-refractivity contribution in [3.63, 3.8) is 0 Å². The first-order valence-corrected chi connectivity index (χ1v) is 8.03. The zero-order chi connectivity index (χ0) is 14.5. The lowest BCUT2D eigenvalue weighted by atomic mass is 10.1. The smallest absolute Gasteiger partial charge is 0.175 e. The van der Waals surface area contributed by atoms with Crippen LogP contribution in [0.3, 0.4) is 0 Å². The van der Waals surface area contributed by atoms with E-state index in [1.54, 1.807) is 43.5 Å². The van der Waals surface area contributed by atoms with Crippen LogP contribution in [-0.2, 0) is 10.8 Å². The van der Waals surface area contributed by atoms with Gasteiger partial charge in [-0.3, -0.25) is 9.00 Å². The molecule has 0 saturated carbocycles. The largest absolute Gasteiger partial charge is 0.497 e. The molecule has 3 nitrogen and oxygen atoms in total. The number of rotatable bonds is 5. The molecule has 2 aromatic rings. The molecular weight excluding hydrogens is 340 g/mol. The van der Waals surface area contributed by atoms with E-state index >= 15 is 0 Å². The first-order valence-electron chi connectivity index (χ1n) is 5.92. The van der Waals surface area contributed by atoms with Crippen LogP contribution in [0.1, 0.15) is 10.4 Å². The van der Waals surface area contributed by atoms with Gasteiger partial charge in [-0.25, -0.2) is 0 Å². The molecule has 0 aliphatic rings. The van der Waals surface area contributed by atoms with Crippen LogP contribution in [0, 0.1) is 0 Å². The molecule has 0 aliphatic carbocycles. The summed E-state index contributed by atoms with van der Waals surface area (Å²) in [4.78, 5) is 12.8. The number of hydrogen-bond acceptors (Lipinski definition) is 3. The molecule has 0 spiro atoms. The predicted octanol–water partition coefficient (Wildman–Crippen LogP) is 3.45. The lowest BCUT2D eigenvalue weighted by Crippen LogP contribution is -2.11. The van der Waals surface area contributed by atoms with Gasteiger partial charge in [0.1, 0.15) is 5.75 Å². The minimum atomic E-state index is -1.37. The molecule has 0 radical (unpaired) electrons. The summed E-state index contributed by atoms with van der Waals surface area (Å²) in [5.41, 5.74) is 0.504. The van der Waals surface area contributed by atoms with Gasteiger partial charge in [-0.05, 0) is 40.2 Å². The van der Waals surface area contributed by atoms with Crippen molar-refractivity contribution in [1.82, 2.24) is 0 Å². The second-order valence-corrected chi connectivity index (χ2v) is 6.35. The van der Waals surface area contributed by atoms with E-state index in [-0.39, 0.29) is 11.5 Å². The number of hydrogen-bond donors (Lipinski definition) is 0. The van der Waals surface area contributed by atoms with Crippen molar-refractivity contribution in [2.75, 3.05) is 12.9 Å². The Balaban J connectivity index is 2.15. The van der Waals surface area contributed by atoms with Gasteiger partial charge in [-0.15, -0.1) is 0 Å². The van der Waals surface area contributed by atoms with Gasteiger partial charge in [0, 0.05) is 10.0 Å². The van der Waals surface area contributed by atoms with Crippen molar-refractivity contribution >= 4 is 32.5 Å². The van der Waals surface area contributed by atoms with E-state index in [0.29, 0.717) is 16.2 Å². The fourth-order valence-electron chi connectivity index (χ4n) is 1.71. The van der Waals surface area contributed by atoms with E-state index in [1.807, 2.05) is 12.1 Å². The molecule has 0 bridgehead atoms. The Kier molecular flexibility index (Phi) is 5.09. The quantitative estimate of drug-likeness (QED) is 0.774. The van der Waals surface area contributed by atoms with Gasteiger partial charge in [0.05, 0.1) is 28.6 Å². The second-order valence-electron chi connectivity index (χ2n) is 4.08. The van der Waals surface area contributed by atoms with Crippen LogP contribution in [-0.4, -0.2) is 22.9 Å². The predicted molar refractivity (Wildman–Crippen MR) is 82.7 cm³/mol. The Labute approximate surface area is 128 Å². The van der Waals surface area contributed by atoms with Crippen molar-refractivity contribution in [2.45, 2.75) is 4.90 Å². The minimum Gasteiger partial charge on any atom is -0.497 e. The fourth-order valence-corrected chi connectivity index (χ4v) is 3.61. The lowest BCUT2D eigenvalue weighted by molar-refractivity contribution is 0.102. The van der Waals surface area contributed by atoms with Gasteiger partial charge >= 0.3 is 0 Å². The van der Waals surface area contributed by atoms with E-state index in [4.69, 9.17) is 4.74 Å². The van der Waals surface area contributed by atoms with Crippen molar-refractivity contribution in [3.05, 3.63) is 58.6 Å². The molecule has 0 heterocycles. The van der Waals surface area contributed by atoms with Gasteiger partial charge < -0.3 is 4.74 Å². The third-order valence-electron chi connectivity index (χ3n) is 2.74.